The Hall–Kier alpha value is -1.50. The molecule has 0 aromatic carbocycles. The minimum absolute atomic E-state index is 0.509. The Balaban J connectivity index is 2.36. The van der Waals surface area contributed by atoms with Crippen LogP contribution in [0.1, 0.15) is 33.6 Å². The molecule has 18 heavy (non-hydrogen) atoms. The number of hydrogen-bond donors (Lipinski definition) is 0. The van der Waals surface area contributed by atoms with Crippen molar-refractivity contribution in [2.45, 2.75) is 33.6 Å². The maximum absolute atomic E-state index is 5.48. The molecule has 0 aromatic heterocycles. The number of methoxy groups -OCH3 is 1. The summed E-state index contributed by atoms with van der Waals surface area (Å²) in [5.74, 6) is 1.58. The second kappa shape index (κ2) is 5.43. The lowest BCUT2D eigenvalue weighted by molar-refractivity contribution is 0.281. The fourth-order valence-electron chi connectivity index (χ4n) is 2.51. The van der Waals surface area contributed by atoms with Gasteiger partial charge in [-0.1, -0.05) is 35.5 Å². The summed E-state index contributed by atoms with van der Waals surface area (Å²) in [6.45, 7) is 6.56. The molecule has 1 heteroatoms. The van der Waals surface area contributed by atoms with E-state index in [4.69, 9.17) is 4.74 Å². The molecule has 0 spiro atoms. The third-order valence-electron chi connectivity index (χ3n) is 3.76. The van der Waals surface area contributed by atoms with E-state index in [1.54, 1.807) is 7.11 Å². The predicted octanol–water partition coefficient (Wildman–Crippen LogP) is 4.71. The topological polar surface area (TPSA) is 9.23 Å². The lowest BCUT2D eigenvalue weighted by Gasteiger charge is -2.25. The van der Waals surface area contributed by atoms with Crippen molar-refractivity contribution in [3.05, 3.63) is 58.4 Å². The summed E-state index contributed by atoms with van der Waals surface area (Å²) < 4.78 is 5.48. The first-order valence-corrected chi connectivity index (χ1v) is 6.57. The molecule has 0 amide bonds. The summed E-state index contributed by atoms with van der Waals surface area (Å²) in [4.78, 5) is 0. The van der Waals surface area contributed by atoms with Crippen LogP contribution in [-0.2, 0) is 4.74 Å². The molecule has 0 bridgehead atoms. The summed E-state index contributed by atoms with van der Waals surface area (Å²) >= 11 is 0. The summed E-state index contributed by atoms with van der Waals surface area (Å²) in [5.41, 5.74) is 5.59. The Kier molecular flexibility index (Phi) is 3.90. The molecule has 1 atom stereocenters. The average Bonchev–Trinajstić information content (AvgIpc) is 2.38. The van der Waals surface area contributed by atoms with Crippen molar-refractivity contribution in [1.82, 2.24) is 0 Å². The summed E-state index contributed by atoms with van der Waals surface area (Å²) in [6, 6.07) is 0. The fourth-order valence-corrected chi connectivity index (χ4v) is 2.51. The van der Waals surface area contributed by atoms with Gasteiger partial charge in [0, 0.05) is 12.3 Å². The molecule has 0 aromatic rings. The minimum Gasteiger partial charge on any atom is -0.501 e. The second-order valence-electron chi connectivity index (χ2n) is 5.29. The van der Waals surface area contributed by atoms with Crippen LogP contribution >= 0.6 is 0 Å². The van der Waals surface area contributed by atoms with E-state index in [9.17, 15) is 0 Å². The molecule has 96 valence electrons. The van der Waals surface area contributed by atoms with E-state index >= 15 is 0 Å². The van der Waals surface area contributed by atoms with Crippen LogP contribution in [-0.4, -0.2) is 7.11 Å². The molecule has 2 aliphatic carbocycles. The standard InChI is InChI=1S/C17H22O/c1-12(2)14-9-15(11-16(10-14)18-4)17-8-6-5-7-13(17)3/h5-7,9,11,17H,8,10H2,1-4H3. The molecule has 0 aliphatic heterocycles. The summed E-state index contributed by atoms with van der Waals surface area (Å²) in [6.07, 6.45) is 13.2. The number of rotatable bonds is 2. The van der Waals surface area contributed by atoms with Gasteiger partial charge in [-0.2, -0.15) is 0 Å². The van der Waals surface area contributed by atoms with Crippen LogP contribution in [0.2, 0.25) is 0 Å². The minimum atomic E-state index is 0.509. The lowest BCUT2D eigenvalue weighted by Crippen LogP contribution is -2.10. The van der Waals surface area contributed by atoms with E-state index < -0.39 is 0 Å². The van der Waals surface area contributed by atoms with Crippen molar-refractivity contribution < 1.29 is 4.74 Å². The first-order chi connectivity index (χ1) is 8.61. The van der Waals surface area contributed by atoms with Crippen molar-refractivity contribution in [3.8, 4) is 0 Å². The normalized spacial score (nSPS) is 23.2. The number of ether oxygens (including phenoxy) is 1. The number of hydrogen-bond acceptors (Lipinski definition) is 1. The molecular formula is C17H22O. The van der Waals surface area contributed by atoms with Gasteiger partial charge in [0.15, 0.2) is 0 Å². The van der Waals surface area contributed by atoms with Gasteiger partial charge in [-0.25, -0.2) is 0 Å². The summed E-state index contributed by atoms with van der Waals surface area (Å²) in [5, 5.41) is 0. The van der Waals surface area contributed by atoms with Gasteiger partial charge in [-0.15, -0.1) is 0 Å². The maximum Gasteiger partial charge on any atom is 0.100 e. The lowest BCUT2D eigenvalue weighted by atomic mass is 9.82. The van der Waals surface area contributed by atoms with Gasteiger partial charge in [-0.3, -0.25) is 0 Å². The molecule has 1 nitrogen and oxygen atoms in total. The van der Waals surface area contributed by atoms with Crippen molar-refractivity contribution in [3.63, 3.8) is 0 Å². The Bertz CT molecular complexity index is 480. The predicted molar refractivity (Wildman–Crippen MR) is 77.2 cm³/mol. The van der Waals surface area contributed by atoms with E-state index in [1.165, 1.54) is 22.3 Å². The Morgan fingerprint density at radius 1 is 1.28 bits per heavy atom. The molecule has 0 radical (unpaired) electrons. The van der Waals surface area contributed by atoms with Crippen molar-refractivity contribution in [2.24, 2.45) is 5.92 Å². The Morgan fingerprint density at radius 3 is 2.67 bits per heavy atom. The van der Waals surface area contributed by atoms with E-state index in [-0.39, 0.29) is 0 Å². The smallest absolute Gasteiger partial charge is 0.100 e. The van der Waals surface area contributed by atoms with Crippen molar-refractivity contribution in [1.29, 1.82) is 0 Å². The molecule has 2 rings (SSSR count). The van der Waals surface area contributed by atoms with Gasteiger partial charge in [0.1, 0.15) is 5.76 Å². The largest absolute Gasteiger partial charge is 0.501 e. The van der Waals surface area contributed by atoms with Gasteiger partial charge in [-0.05, 0) is 44.4 Å². The van der Waals surface area contributed by atoms with Gasteiger partial charge in [0.05, 0.1) is 7.11 Å². The molecule has 0 saturated carbocycles. The Morgan fingerprint density at radius 2 is 2.06 bits per heavy atom. The van der Waals surface area contributed by atoms with Crippen molar-refractivity contribution >= 4 is 0 Å². The molecule has 1 unspecified atom stereocenters. The highest BCUT2D eigenvalue weighted by Gasteiger charge is 2.20. The molecular weight excluding hydrogens is 220 g/mol. The second-order valence-corrected chi connectivity index (χ2v) is 5.29. The zero-order chi connectivity index (χ0) is 13.1. The van der Waals surface area contributed by atoms with Crippen LogP contribution in [0.15, 0.2) is 58.4 Å². The molecule has 0 saturated heterocycles. The van der Waals surface area contributed by atoms with E-state index in [0.29, 0.717) is 5.92 Å². The van der Waals surface area contributed by atoms with Crippen LogP contribution in [0.25, 0.3) is 0 Å². The van der Waals surface area contributed by atoms with E-state index in [2.05, 4.69) is 51.2 Å². The molecule has 0 fully saturated rings. The molecule has 0 N–H and O–H groups in total. The number of allylic oxidation sites excluding steroid dienone is 9. The van der Waals surface area contributed by atoms with Gasteiger partial charge < -0.3 is 4.74 Å². The summed E-state index contributed by atoms with van der Waals surface area (Å²) in [7, 11) is 1.76. The quantitative estimate of drug-likeness (QED) is 0.681. The maximum atomic E-state index is 5.48. The van der Waals surface area contributed by atoms with Crippen LogP contribution in [0.4, 0.5) is 0 Å². The molecule has 0 heterocycles. The van der Waals surface area contributed by atoms with Crippen molar-refractivity contribution in [2.75, 3.05) is 7.11 Å². The molecule has 2 aliphatic rings. The zero-order valence-corrected chi connectivity index (χ0v) is 11.8. The first kappa shape index (κ1) is 12.9. The van der Waals surface area contributed by atoms with Crippen LogP contribution < -0.4 is 0 Å². The fraction of sp³-hybridized carbons (Fsp3) is 0.412. The Labute approximate surface area is 110 Å². The highest BCUT2D eigenvalue weighted by Crippen LogP contribution is 2.34. The van der Waals surface area contributed by atoms with Crippen LogP contribution in [0, 0.1) is 5.92 Å². The third-order valence-corrected chi connectivity index (χ3v) is 3.76. The highest BCUT2D eigenvalue weighted by molar-refractivity contribution is 5.45. The van der Waals surface area contributed by atoms with E-state index in [0.717, 1.165) is 18.6 Å². The SMILES string of the molecule is COC1=CC(C2CC=CC=C2C)=CC(=C(C)C)C1. The van der Waals surface area contributed by atoms with Gasteiger partial charge >= 0.3 is 0 Å². The monoisotopic (exact) mass is 242 g/mol. The van der Waals surface area contributed by atoms with Crippen LogP contribution in [0.3, 0.4) is 0 Å². The highest BCUT2D eigenvalue weighted by atomic mass is 16.5. The van der Waals surface area contributed by atoms with Gasteiger partial charge in [0.25, 0.3) is 0 Å². The third kappa shape index (κ3) is 2.66. The van der Waals surface area contributed by atoms with Gasteiger partial charge in [0.2, 0.25) is 0 Å². The average molecular weight is 242 g/mol. The first-order valence-electron chi connectivity index (χ1n) is 6.57. The zero-order valence-electron chi connectivity index (χ0n) is 11.8. The van der Waals surface area contributed by atoms with E-state index in [1.807, 2.05) is 0 Å². The van der Waals surface area contributed by atoms with Crippen LogP contribution in [0.5, 0.6) is 0 Å².